The number of ether oxygens (including phenoxy) is 2. The van der Waals surface area contributed by atoms with E-state index in [-0.39, 0.29) is 11.1 Å². The molecule has 1 fully saturated rings. The minimum Gasteiger partial charge on any atom is -0.478 e. The van der Waals surface area contributed by atoms with Gasteiger partial charge in [0.15, 0.2) is 0 Å². The van der Waals surface area contributed by atoms with Crippen LogP contribution in [0.3, 0.4) is 0 Å². The molecule has 27 heavy (non-hydrogen) atoms. The number of carboxylic acids is 1. The Bertz CT molecular complexity index is 740. The van der Waals surface area contributed by atoms with Gasteiger partial charge >= 0.3 is 17.9 Å². The van der Waals surface area contributed by atoms with E-state index in [2.05, 4.69) is 6.58 Å². The Morgan fingerprint density at radius 1 is 1.44 bits per heavy atom. The van der Waals surface area contributed by atoms with Crippen LogP contribution in [0.2, 0.25) is 0 Å². The monoisotopic (exact) mass is 374 g/mol. The number of hydrogen-bond donors (Lipinski definition) is 1. The highest BCUT2D eigenvalue weighted by Crippen LogP contribution is 2.36. The van der Waals surface area contributed by atoms with Crippen molar-refractivity contribution < 1.29 is 29.0 Å². The molecule has 0 unspecified atom stereocenters. The summed E-state index contributed by atoms with van der Waals surface area (Å²) in [4.78, 5) is 35.9. The van der Waals surface area contributed by atoms with Crippen molar-refractivity contribution in [3.63, 3.8) is 0 Å². The smallest absolute Gasteiger partial charge is 0.334 e. The summed E-state index contributed by atoms with van der Waals surface area (Å²) < 4.78 is 11.0. The van der Waals surface area contributed by atoms with Gasteiger partial charge in [-0.3, -0.25) is 0 Å². The normalized spacial score (nSPS) is 30.3. The van der Waals surface area contributed by atoms with E-state index in [4.69, 9.17) is 9.47 Å². The van der Waals surface area contributed by atoms with E-state index in [0.717, 1.165) is 17.6 Å². The van der Waals surface area contributed by atoms with Crippen LogP contribution in [0.25, 0.3) is 0 Å². The number of allylic oxidation sites excluding steroid dienone is 2. The molecule has 0 radical (unpaired) electrons. The van der Waals surface area contributed by atoms with Crippen molar-refractivity contribution in [3.8, 4) is 0 Å². The standard InChI is InChI=1S/C21H26O6/c1-5-12(2)10-18(22)26-16-9-13(3)7-6-8-15(20(23)24)11-17-19(16)14(4)21(25)27-17/h7,10-11,16-17,19H,4-6,8-9H2,1-3H3,(H,23,24)/b12-10-,13-7-,15-11+/t16-,17-,19-/m1/s1. The highest BCUT2D eigenvalue weighted by molar-refractivity contribution is 5.92. The van der Waals surface area contributed by atoms with Gasteiger partial charge in [0.05, 0.1) is 5.92 Å². The Morgan fingerprint density at radius 2 is 2.15 bits per heavy atom. The zero-order chi connectivity index (χ0) is 20.1. The summed E-state index contributed by atoms with van der Waals surface area (Å²) in [5, 5.41) is 9.43. The molecular formula is C21H26O6. The molecule has 0 saturated carbocycles. The van der Waals surface area contributed by atoms with Crippen molar-refractivity contribution >= 4 is 17.9 Å². The molecule has 0 aromatic rings. The van der Waals surface area contributed by atoms with E-state index in [9.17, 15) is 19.5 Å². The zero-order valence-corrected chi connectivity index (χ0v) is 16.0. The van der Waals surface area contributed by atoms with E-state index >= 15 is 0 Å². The van der Waals surface area contributed by atoms with Gasteiger partial charge in [0, 0.05) is 23.6 Å². The van der Waals surface area contributed by atoms with Crippen LogP contribution < -0.4 is 0 Å². The number of aliphatic carboxylic acids is 1. The van der Waals surface area contributed by atoms with Crippen molar-refractivity contribution in [2.45, 2.75) is 58.7 Å². The predicted molar refractivity (Wildman–Crippen MR) is 99.8 cm³/mol. The average molecular weight is 374 g/mol. The highest BCUT2D eigenvalue weighted by Gasteiger charge is 2.44. The van der Waals surface area contributed by atoms with Crippen LogP contribution >= 0.6 is 0 Å². The van der Waals surface area contributed by atoms with Crippen LogP contribution in [0.4, 0.5) is 0 Å². The Labute approximate surface area is 159 Å². The van der Waals surface area contributed by atoms with Crippen molar-refractivity contribution in [3.05, 3.63) is 47.1 Å². The van der Waals surface area contributed by atoms with Crippen LogP contribution in [0.5, 0.6) is 0 Å². The van der Waals surface area contributed by atoms with Crippen LogP contribution in [0, 0.1) is 5.92 Å². The topological polar surface area (TPSA) is 89.9 Å². The quantitative estimate of drug-likeness (QED) is 0.460. The molecule has 1 aliphatic heterocycles. The largest absolute Gasteiger partial charge is 0.478 e. The number of carboxylic acid groups (broad SMARTS) is 1. The molecule has 1 heterocycles. The highest BCUT2D eigenvalue weighted by atomic mass is 16.6. The summed E-state index contributed by atoms with van der Waals surface area (Å²) in [5.74, 6) is -2.75. The molecule has 2 rings (SSSR count). The Morgan fingerprint density at radius 3 is 2.78 bits per heavy atom. The van der Waals surface area contributed by atoms with Gasteiger partial charge in [-0.1, -0.05) is 30.7 Å². The van der Waals surface area contributed by atoms with Crippen molar-refractivity contribution in [2.24, 2.45) is 5.92 Å². The van der Waals surface area contributed by atoms with Crippen molar-refractivity contribution in [1.29, 1.82) is 0 Å². The summed E-state index contributed by atoms with van der Waals surface area (Å²) in [5.41, 5.74) is 2.21. The lowest BCUT2D eigenvalue weighted by Crippen LogP contribution is -2.33. The molecule has 3 atom stereocenters. The first-order chi connectivity index (χ1) is 12.7. The Kier molecular flexibility index (Phi) is 6.77. The maximum Gasteiger partial charge on any atom is 0.334 e. The third-order valence-electron chi connectivity index (χ3n) is 4.92. The summed E-state index contributed by atoms with van der Waals surface area (Å²) in [6, 6.07) is 0. The second-order valence-electron chi connectivity index (χ2n) is 7.03. The molecular weight excluding hydrogens is 348 g/mol. The first kappa shape index (κ1) is 20.7. The van der Waals surface area contributed by atoms with E-state index in [1.807, 2.05) is 26.8 Å². The lowest BCUT2D eigenvalue weighted by atomic mass is 9.85. The second-order valence-corrected chi connectivity index (χ2v) is 7.03. The fourth-order valence-electron chi connectivity index (χ4n) is 3.24. The second kappa shape index (κ2) is 8.84. The molecule has 1 saturated heterocycles. The number of carbonyl (C=O) groups is 3. The molecule has 0 spiro atoms. The summed E-state index contributed by atoms with van der Waals surface area (Å²) in [6.07, 6.45) is 5.39. The lowest BCUT2D eigenvalue weighted by molar-refractivity contribution is -0.146. The minimum atomic E-state index is -1.05. The van der Waals surface area contributed by atoms with Gasteiger partial charge in [0.2, 0.25) is 0 Å². The third kappa shape index (κ3) is 5.18. The molecule has 0 amide bonds. The molecule has 1 N–H and O–H groups in total. The number of rotatable bonds is 4. The number of esters is 2. The van der Waals surface area contributed by atoms with Crippen LogP contribution in [0.15, 0.2) is 47.1 Å². The number of hydrogen-bond acceptors (Lipinski definition) is 5. The Balaban J connectivity index is 2.41. The minimum absolute atomic E-state index is 0.172. The molecule has 0 bridgehead atoms. The van der Waals surface area contributed by atoms with Gasteiger partial charge in [-0.2, -0.15) is 0 Å². The first-order valence-corrected chi connectivity index (χ1v) is 9.10. The lowest BCUT2D eigenvalue weighted by Gasteiger charge is -2.27. The molecule has 1 aliphatic carbocycles. The fourth-order valence-corrected chi connectivity index (χ4v) is 3.24. The van der Waals surface area contributed by atoms with E-state index in [0.29, 0.717) is 19.3 Å². The molecule has 6 heteroatoms. The van der Waals surface area contributed by atoms with Crippen molar-refractivity contribution in [2.75, 3.05) is 0 Å². The molecule has 0 aromatic heterocycles. The van der Waals surface area contributed by atoms with Gasteiger partial charge in [0.25, 0.3) is 0 Å². The van der Waals surface area contributed by atoms with Gasteiger partial charge in [-0.15, -0.1) is 0 Å². The van der Waals surface area contributed by atoms with E-state index < -0.39 is 36.0 Å². The maximum absolute atomic E-state index is 12.3. The van der Waals surface area contributed by atoms with Gasteiger partial charge in [-0.25, -0.2) is 14.4 Å². The van der Waals surface area contributed by atoms with Gasteiger partial charge in [0.1, 0.15) is 12.2 Å². The van der Waals surface area contributed by atoms with Crippen LogP contribution in [0.1, 0.15) is 46.5 Å². The van der Waals surface area contributed by atoms with Gasteiger partial charge < -0.3 is 14.6 Å². The van der Waals surface area contributed by atoms with Crippen LogP contribution in [-0.4, -0.2) is 35.2 Å². The SMILES string of the molecule is C=C1C(=O)O[C@@H]2/C=C(/C(=O)O)CC/C=C(/C)C[C@@H](OC(=O)/C=C(/C)CC)[C@@H]12. The molecule has 2 aliphatic rings. The summed E-state index contributed by atoms with van der Waals surface area (Å²) in [6.45, 7) is 9.47. The molecule has 146 valence electrons. The Hall–Kier alpha value is -2.63. The number of fused-ring (bicyclic) bond motifs is 1. The van der Waals surface area contributed by atoms with E-state index in [1.165, 1.54) is 12.2 Å². The van der Waals surface area contributed by atoms with Crippen LogP contribution in [-0.2, 0) is 23.9 Å². The fraction of sp³-hybridized carbons (Fsp3) is 0.476. The maximum atomic E-state index is 12.3. The first-order valence-electron chi connectivity index (χ1n) is 9.10. The molecule has 6 nitrogen and oxygen atoms in total. The van der Waals surface area contributed by atoms with E-state index in [1.54, 1.807) is 0 Å². The third-order valence-corrected chi connectivity index (χ3v) is 4.92. The summed E-state index contributed by atoms with van der Waals surface area (Å²) in [7, 11) is 0. The van der Waals surface area contributed by atoms with Crippen molar-refractivity contribution in [1.82, 2.24) is 0 Å². The zero-order valence-electron chi connectivity index (χ0n) is 16.0. The average Bonchev–Trinajstić information content (AvgIpc) is 2.86. The predicted octanol–water partition coefficient (Wildman–Crippen LogP) is 3.49. The number of carbonyl (C=O) groups excluding carboxylic acids is 2. The molecule has 0 aromatic carbocycles. The van der Waals surface area contributed by atoms with Gasteiger partial charge in [-0.05, 0) is 39.2 Å². The summed E-state index contributed by atoms with van der Waals surface area (Å²) >= 11 is 0.